The van der Waals surface area contributed by atoms with Gasteiger partial charge in [-0.2, -0.15) is 4.99 Å². The van der Waals surface area contributed by atoms with Gasteiger partial charge in [-0.15, -0.1) is 6.42 Å². The van der Waals surface area contributed by atoms with Gasteiger partial charge in [0.2, 0.25) is 0 Å². The first kappa shape index (κ1) is 18.5. The standard InChI is InChI=1S/C19H12F2N2O3S/c1-3-8-23-16-14(21)9-11(20)10-15(16)27-19(23)22-17(24)12-6-4-5-7-13(12)18(25)26-2/h1,4-7,9-10H,8H2,2H3. The summed E-state index contributed by atoms with van der Waals surface area (Å²) in [5.74, 6) is -0.605. The third-order valence-corrected chi connectivity index (χ3v) is 4.73. The van der Waals surface area contributed by atoms with E-state index in [-0.39, 0.29) is 32.7 Å². The quantitative estimate of drug-likeness (QED) is 0.513. The number of ether oxygens (including phenoxy) is 1. The second kappa shape index (κ2) is 7.51. The van der Waals surface area contributed by atoms with Gasteiger partial charge in [0.05, 0.1) is 35.0 Å². The zero-order valence-corrected chi connectivity index (χ0v) is 14.8. The lowest BCUT2D eigenvalue weighted by molar-refractivity contribution is 0.0597. The van der Waals surface area contributed by atoms with Crippen LogP contribution in [-0.2, 0) is 11.3 Å². The Morgan fingerprint density at radius 1 is 1.26 bits per heavy atom. The molecule has 0 bridgehead atoms. The highest BCUT2D eigenvalue weighted by atomic mass is 32.1. The molecule has 0 N–H and O–H groups in total. The number of carbonyl (C=O) groups excluding carboxylic acids is 2. The van der Waals surface area contributed by atoms with Gasteiger partial charge in [-0.1, -0.05) is 29.4 Å². The smallest absolute Gasteiger partial charge is 0.338 e. The molecule has 2 aromatic carbocycles. The van der Waals surface area contributed by atoms with Crippen LogP contribution in [0.4, 0.5) is 8.78 Å². The third-order valence-electron chi connectivity index (χ3n) is 3.70. The second-order valence-corrected chi connectivity index (χ2v) is 6.37. The highest BCUT2D eigenvalue weighted by Gasteiger charge is 2.18. The number of methoxy groups -OCH3 is 1. The van der Waals surface area contributed by atoms with Crippen molar-refractivity contribution in [2.24, 2.45) is 4.99 Å². The Balaban J connectivity index is 2.21. The van der Waals surface area contributed by atoms with Crippen molar-refractivity contribution in [1.82, 2.24) is 4.57 Å². The minimum atomic E-state index is -0.805. The van der Waals surface area contributed by atoms with Gasteiger partial charge in [0.15, 0.2) is 10.6 Å². The van der Waals surface area contributed by atoms with E-state index in [9.17, 15) is 18.4 Å². The summed E-state index contributed by atoms with van der Waals surface area (Å²) in [4.78, 5) is 28.6. The second-order valence-electron chi connectivity index (χ2n) is 5.36. The number of halogens is 2. The van der Waals surface area contributed by atoms with Gasteiger partial charge in [0.25, 0.3) is 5.91 Å². The van der Waals surface area contributed by atoms with Crippen molar-refractivity contribution in [2.45, 2.75) is 6.54 Å². The Morgan fingerprint density at radius 3 is 2.63 bits per heavy atom. The van der Waals surface area contributed by atoms with E-state index < -0.39 is 23.5 Å². The summed E-state index contributed by atoms with van der Waals surface area (Å²) < 4.78 is 33.9. The first-order valence-corrected chi connectivity index (χ1v) is 8.46. The summed E-state index contributed by atoms with van der Waals surface area (Å²) in [6.45, 7) is -0.0622. The van der Waals surface area contributed by atoms with Crippen LogP contribution in [-0.4, -0.2) is 23.6 Å². The summed E-state index contributed by atoms with van der Waals surface area (Å²) in [6.07, 6.45) is 5.33. The Labute approximate surface area is 156 Å². The van der Waals surface area contributed by atoms with Crippen molar-refractivity contribution >= 4 is 33.4 Å². The number of esters is 1. The molecule has 3 rings (SSSR count). The van der Waals surface area contributed by atoms with Gasteiger partial charge >= 0.3 is 5.97 Å². The summed E-state index contributed by atoms with van der Waals surface area (Å²) in [6, 6.07) is 7.90. The minimum Gasteiger partial charge on any atom is -0.465 e. The number of hydrogen-bond donors (Lipinski definition) is 0. The average molecular weight is 386 g/mol. The van der Waals surface area contributed by atoms with E-state index >= 15 is 0 Å². The number of nitrogens with zero attached hydrogens (tertiary/aromatic N) is 2. The van der Waals surface area contributed by atoms with Crippen LogP contribution < -0.4 is 4.80 Å². The molecule has 0 atom stereocenters. The van der Waals surface area contributed by atoms with Crippen LogP contribution in [0.5, 0.6) is 0 Å². The molecule has 0 unspecified atom stereocenters. The van der Waals surface area contributed by atoms with Gasteiger partial charge in [-0.3, -0.25) is 4.79 Å². The van der Waals surface area contributed by atoms with E-state index in [4.69, 9.17) is 6.42 Å². The molecular formula is C19H12F2N2O3S. The van der Waals surface area contributed by atoms with Crippen LogP contribution in [0.1, 0.15) is 20.7 Å². The van der Waals surface area contributed by atoms with E-state index in [2.05, 4.69) is 15.6 Å². The number of rotatable bonds is 3. The van der Waals surface area contributed by atoms with Gasteiger partial charge in [-0.25, -0.2) is 13.6 Å². The summed E-state index contributed by atoms with van der Waals surface area (Å²) in [5.41, 5.74) is 0.142. The van der Waals surface area contributed by atoms with Crippen molar-refractivity contribution in [3.05, 3.63) is 64.0 Å². The van der Waals surface area contributed by atoms with Gasteiger partial charge in [-0.05, 0) is 18.2 Å². The fourth-order valence-corrected chi connectivity index (χ4v) is 3.62. The van der Waals surface area contributed by atoms with Crippen molar-refractivity contribution < 1.29 is 23.1 Å². The molecular weight excluding hydrogens is 374 g/mol. The number of aromatic nitrogens is 1. The molecule has 0 fully saturated rings. The third kappa shape index (κ3) is 3.50. The molecule has 3 aromatic rings. The van der Waals surface area contributed by atoms with Crippen LogP contribution in [0.2, 0.25) is 0 Å². The molecule has 0 spiro atoms. The van der Waals surface area contributed by atoms with Crippen LogP contribution in [0, 0.1) is 24.0 Å². The van der Waals surface area contributed by atoms with E-state index in [0.29, 0.717) is 0 Å². The number of amides is 1. The molecule has 8 heteroatoms. The van der Waals surface area contributed by atoms with E-state index in [1.807, 2.05) is 0 Å². The molecule has 136 valence electrons. The molecule has 27 heavy (non-hydrogen) atoms. The van der Waals surface area contributed by atoms with Gasteiger partial charge in [0, 0.05) is 6.07 Å². The maximum atomic E-state index is 14.2. The van der Waals surface area contributed by atoms with E-state index in [0.717, 1.165) is 23.5 Å². The number of hydrogen-bond acceptors (Lipinski definition) is 4. The maximum Gasteiger partial charge on any atom is 0.338 e. The average Bonchev–Trinajstić information content (AvgIpc) is 2.98. The Kier molecular flexibility index (Phi) is 5.14. The zero-order chi connectivity index (χ0) is 19.6. The Hall–Kier alpha value is -3.31. The number of fused-ring (bicyclic) bond motifs is 1. The van der Waals surface area contributed by atoms with Crippen LogP contribution in [0.3, 0.4) is 0 Å². The number of thiazole rings is 1. The summed E-state index contributed by atoms with van der Waals surface area (Å²) in [5, 5.41) is 0. The first-order valence-electron chi connectivity index (χ1n) is 7.64. The lowest BCUT2D eigenvalue weighted by Gasteiger charge is -2.04. The molecule has 0 saturated carbocycles. The Bertz CT molecular complexity index is 1170. The highest BCUT2D eigenvalue weighted by molar-refractivity contribution is 7.16. The summed E-state index contributed by atoms with van der Waals surface area (Å²) >= 11 is 0.919. The monoisotopic (exact) mass is 386 g/mol. The van der Waals surface area contributed by atoms with Crippen molar-refractivity contribution in [3.8, 4) is 12.3 Å². The van der Waals surface area contributed by atoms with Crippen LogP contribution >= 0.6 is 11.3 Å². The number of terminal acetylenes is 1. The van der Waals surface area contributed by atoms with Crippen LogP contribution in [0.25, 0.3) is 10.2 Å². The SMILES string of the molecule is C#CCn1c(=NC(=O)c2ccccc2C(=O)OC)sc2cc(F)cc(F)c21. The topological polar surface area (TPSA) is 60.7 Å². The molecule has 1 heterocycles. The normalized spacial score (nSPS) is 11.4. The fraction of sp³-hybridized carbons (Fsp3) is 0.105. The lowest BCUT2D eigenvalue weighted by atomic mass is 10.1. The van der Waals surface area contributed by atoms with E-state index in [1.165, 1.54) is 23.8 Å². The number of carbonyl (C=O) groups is 2. The highest BCUT2D eigenvalue weighted by Crippen LogP contribution is 2.22. The predicted molar refractivity (Wildman–Crippen MR) is 96.2 cm³/mol. The molecule has 0 aliphatic carbocycles. The van der Waals surface area contributed by atoms with E-state index in [1.54, 1.807) is 12.1 Å². The fourth-order valence-electron chi connectivity index (χ4n) is 2.56. The van der Waals surface area contributed by atoms with Crippen LogP contribution in [0.15, 0.2) is 41.4 Å². The summed E-state index contributed by atoms with van der Waals surface area (Å²) in [7, 11) is 1.20. The molecule has 0 aliphatic rings. The lowest BCUT2D eigenvalue weighted by Crippen LogP contribution is -2.18. The molecule has 0 aliphatic heterocycles. The van der Waals surface area contributed by atoms with Gasteiger partial charge < -0.3 is 9.30 Å². The minimum absolute atomic E-state index is 0.0284. The molecule has 1 amide bonds. The van der Waals surface area contributed by atoms with Gasteiger partial charge in [0.1, 0.15) is 5.82 Å². The Morgan fingerprint density at radius 2 is 1.96 bits per heavy atom. The van der Waals surface area contributed by atoms with Crippen molar-refractivity contribution in [1.29, 1.82) is 0 Å². The molecule has 0 radical (unpaired) electrons. The first-order chi connectivity index (χ1) is 13.0. The number of benzene rings is 2. The van der Waals surface area contributed by atoms with Crippen molar-refractivity contribution in [3.63, 3.8) is 0 Å². The maximum absolute atomic E-state index is 14.2. The molecule has 0 saturated heterocycles. The molecule has 1 aromatic heterocycles. The predicted octanol–water partition coefficient (Wildman–Crippen LogP) is 3.14. The zero-order valence-electron chi connectivity index (χ0n) is 14.0. The largest absolute Gasteiger partial charge is 0.465 e. The molecule has 5 nitrogen and oxygen atoms in total. The van der Waals surface area contributed by atoms with Crippen molar-refractivity contribution in [2.75, 3.05) is 7.11 Å².